The van der Waals surface area contributed by atoms with E-state index in [0.717, 1.165) is 11.1 Å². The minimum absolute atomic E-state index is 0.257. The molecule has 0 spiro atoms. The number of nitrogens with zero attached hydrogens (tertiary/aromatic N) is 1. The second-order valence-corrected chi connectivity index (χ2v) is 1.99. The van der Waals surface area contributed by atoms with Gasteiger partial charge in [0.1, 0.15) is 0 Å². The van der Waals surface area contributed by atoms with Crippen molar-refractivity contribution in [2.24, 2.45) is 11.7 Å². The van der Waals surface area contributed by atoms with E-state index in [4.69, 9.17) is 0 Å². The number of nitro groups is 1. The Balaban J connectivity index is 0.000000281. The summed E-state index contributed by atoms with van der Waals surface area (Å²) in [5.41, 5.74) is 2.08. The van der Waals surface area contributed by atoms with Crippen LogP contribution in [0.4, 0.5) is 5.69 Å². The van der Waals surface area contributed by atoms with Gasteiger partial charge in [0.2, 0.25) is 0 Å². The molecule has 58 valence electrons. The minimum Gasteiger partial charge on any atom is -0.274 e. The molecule has 0 heterocycles. The van der Waals surface area contributed by atoms with Gasteiger partial charge in [-0.2, -0.15) is 0 Å². The normalized spacial score (nSPS) is 9.64. The van der Waals surface area contributed by atoms with Gasteiger partial charge in [0.25, 0.3) is 5.69 Å². The SMILES string of the molecule is NN.O=[N+]([O-])c1cc2ccc1-2. The van der Waals surface area contributed by atoms with Gasteiger partial charge in [0.05, 0.1) is 10.5 Å². The second kappa shape index (κ2) is 2.65. The summed E-state index contributed by atoms with van der Waals surface area (Å²) in [7, 11) is 0. The van der Waals surface area contributed by atoms with E-state index in [1.165, 1.54) is 0 Å². The number of nitro benzene ring substituents is 1. The highest BCUT2D eigenvalue weighted by Crippen LogP contribution is 2.41. The van der Waals surface area contributed by atoms with E-state index in [-0.39, 0.29) is 10.6 Å². The quantitative estimate of drug-likeness (QED) is 0.352. The fraction of sp³-hybridized carbons (Fsp3) is 0. The summed E-state index contributed by atoms with van der Waals surface area (Å²) in [5, 5.41) is 10.0. The van der Waals surface area contributed by atoms with Gasteiger partial charge in [0.15, 0.2) is 0 Å². The van der Waals surface area contributed by atoms with Crippen molar-refractivity contribution < 1.29 is 4.92 Å². The molecule has 0 unspecified atom stereocenters. The Morgan fingerprint density at radius 1 is 1.36 bits per heavy atom. The van der Waals surface area contributed by atoms with Crippen LogP contribution in [-0.2, 0) is 0 Å². The van der Waals surface area contributed by atoms with Crippen LogP contribution in [0.15, 0.2) is 18.2 Å². The predicted molar refractivity (Wildman–Crippen MR) is 40.5 cm³/mol. The van der Waals surface area contributed by atoms with Gasteiger partial charge < -0.3 is 0 Å². The maximum absolute atomic E-state index is 10.0. The molecular formula is C6H7N3O2. The smallest absolute Gasteiger partial charge is 0.274 e. The van der Waals surface area contributed by atoms with E-state index in [1.807, 2.05) is 6.07 Å². The van der Waals surface area contributed by atoms with Crippen LogP contribution in [0.1, 0.15) is 0 Å². The van der Waals surface area contributed by atoms with Crippen LogP contribution < -0.4 is 11.7 Å². The van der Waals surface area contributed by atoms with Crippen molar-refractivity contribution in [1.82, 2.24) is 0 Å². The lowest BCUT2D eigenvalue weighted by Gasteiger charge is -2.12. The van der Waals surface area contributed by atoms with Crippen LogP contribution in [0.3, 0.4) is 0 Å². The number of hydrogen-bond acceptors (Lipinski definition) is 4. The molecule has 5 nitrogen and oxygen atoms in total. The Morgan fingerprint density at radius 3 is 2.09 bits per heavy atom. The van der Waals surface area contributed by atoms with E-state index in [0.29, 0.717) is 0 Å². The molecule has 0 saturated carbocycles. The van der Waals surface area contributed by atoms with Gasteiger partial charge in [-0.25, -0.2) is 0 Å². The van der Waals surface area contributed by atoms with E-state index in [9.17, 15) is 10.1 Å². The average molecular weight is 153 g/mol. The van der Waals surface area contributed by atoms with E-state index in [2.05, 4.69) is 11.7 Å². The van der Waals surface area contributed by atoms with Crippen LogP contribution in [0.5, 0.6) is 0 Å². The summed E-state index contributed by atoms with van der Waals surface area (Å²) < 4.78 is 0. The van der Waals surface area contributed by atoms with E-state index < -0.39 is 0 Å². The molecule has 0 atom stereocenters. The third-order valence-corrected chi connectivity index (χ3v) is 1.51. The van der Waals surface area contributed by atoms with Gasteiger partial charge in [-0.15, -0.1) is 0 Å². The third kappa shape index (κ3) is 0.957. The highest BCUT2D eigenvalue weighted by atomic mass is 16.6. The molecule has 0 aromatic rings. The van der Waals surface area contributed by atoms with Crippen LogP contribution in [-0.4, -0.2) is 4.92 Å². The van der Waals surface area contributed by atoms with Gasteiger partial charge >= 0.3 is 0 Å². The van der Waals surface area contributed by atoms with Crippen LogP contribution in [0, 0.1) is 10.1 Å². The maximum Gasteiger partial charge on any atom is 0.277 e. The van der Waals surface area contributed by atoms with Crippen LogP contribution in [0.25, 0.3) is 11.1 Å². The van der Waals surface area contributed by atoms with E-state index >= 15 is 0 Å². The molecule has 5 heteroatoms. The highest BCUT2D eigenvalue weighted by Gasteiger charge is 2.25. The summed E-state index contributed by atoms with van der Waals surface area (Å²) in [5.74, 6) is 8.00. The molecule has 0 aromatic heterocycles. The van der Waals surface area contributed by atoms with Gasteiger partial charge in [-0.05, 0) is 11.6 Å². The number of fused-ring (bicyclic) bond motifs is 1. The molecule has 0 aromatic carbocycles. The predicted octanol–water partition coefficient (Wildman–Crippen LogP) is 0.394. The number of rotatable bonds is 1. The lowest BCUT2D eigenvalue weighted by atomic mass is 9.91. The molecule has 2 aliphatic carbocycles. The molecule has 0 saturated heterocycles. The number of benzene rings is 1. The molecule has 0 aliphatic heterocycles. The summed E-state index contributed by atoms with van der Waals surface area (Å²) >= 11 is 0. The zero-order valence-electron chi connectivity index (χ0n) is 5.65. The first-order chi connectivity index (χ1) is 5.29. The van der Waals surface area contributed by atoms with Crippen molar-refractivity contribution in [3.05, 3.63) is 28.3 Å². The minimum atomic E-state index is -0.359. The topological polar surface area (TPSA) is 95.2 Å². The summed E-state index contributed by atoms with van der Waals surface area (Å²) in [6.07, 6.45) is 0. The third-order valence-electron chi connectivity index (χ3n) is 1.51. The largest absolute Gasteiger partial charge is 0.277 e. The first-order valence-corrected chi connectivity index (χ1v) is 2.91. The molecular weight excluding hydrogens is 146 g/mol. The van der Waals surface area contributed by atoms with Crippen molar-refractivity contribution in [2.75, 3.05) is 0 Å². The Morgan fingerprint density at radius 2 is 2.00 bits per heavy atom. The summed E-state index contributed by atoms with van der Waals surface area (Å²) in [4.78, 5) is 9.68. The molecule has 0 radical (unpaired) electrons. The lowest BCUT2D eigenvalue weighted by Crippen LogP contribution is -2.02. The van der Waals surface area contributed by atoms with Crippen LogP contribution in [0.2, 0.25) is 0 Å². The molecule has 4 N–H and O–H groups in total. The monoisotopic (exact) mass is 153 g/mol. The van der Waals surface area contributed by atoms with Gasteiger partial charge in [0, 0.05) is 6.07 Å². The first kappa shape index (κ1) is 7.64. The van der Waals surface area contributed by atoms with Crippen LogP contribution >= 0.6 is 0 Å². The Hall–Kier alpha value is -1.46. The lowest BCUT2D eigenvalue weighted by molar-refractivity contribution is -0.385. The Labute approximate surface area is 62.7 Å². The molecule has 2 rings (SSSR count). The Kier molecular flexibility index (Phi) is 1.84. The zero-order valence-corrected chi connectivity index (χ0v) is 5.65. The van der Waals surface area contributed by atoms with Crippen molar-refractivity contribution in [1.29, 1.82) is 0 Å². The molecule has 0 fully saturated rings. The Bertz CT molecular complexity index is 298. The van der Waals surface area contributed by atoms with Crippen molar-refractivity contribution in [3.63, 3.8) is 0 Å². The summed E-state index contributed by atoms with van der Waals surface area (Å²) in [6, 6.07) is 5.20. The summed E-state index contributed by atoms with van der Waals surface area (Å²) in [6.45, 7) is 0. The standard InChI is InChI=1S/C6H3NO2.H4N2/c8-7(9)6-3-4-1-2-5(4)6;1-2/h1-3H;1-2H2. The molecule has 0 amide bonds. The van der Waals surface area contributed by atoms with Crippen molar-refractivity contribution >= 4 is 5.69 Å². The second-order valence-electron chi connectivity index (χ2n) is 1.99. The molecule has 11 heavy (non-hydrogen) atoms. The van der Waals surface area contributed by atoms with Gasteiger partial charge in [-0.3, -0.25) is 21.8 Å². The molecule has 2 aliphatic rings. The zero-order chi connectivity index (χ0) is 8.43. The fourth-order valence-electron chi connectivity index (χ4n) is 0.920. The van der Waals surface area contributed by atoms with Crippen molar-refractivity contribution in [3.8, 4) is 11.1 Å². The average Bonchev–Trinajstić information content (AvgIpc) is 1.98. The first-order valence-electron chi connectivity index (χ1n) is 2.91. The number of nitrogens with two attached hydrogens (primary N) is 2. The maximum atomic E-state index is 10.0. The number of hydrazine groups is 1. The highest BCUT2D eigenvalue weighted by molar-refractivity contribution is 5.87. The van der Waals surface area contributed by atoms with Crippen molar-refractivity contribution in [2.45, 2.75) is 0 Å². The van der Waals surface area contributed by atoms with Gasteiger partial charge in [-0.1, -0.05) is 6.07 Å². The van der Waals surface area contributed by atoms with E-state index in [1.54, 1.807) is 12.1 Å². The number of hydrogen-bond donors (Lipinski definition) is 2. The fourth-order valence-corrected chi connectivity index (χ4v) is 0.920. The molecule has 0 bridgehead atoms.